The van der Waals surface area contributed by atoms with Gasteiger partial charge in [-0.05, 0) is 10.8 Å². The summed E-state index contributed by atoms with van der Waals surface area (Å²) < 4.78 is 0. The lowest BCUT2D eigenvalue weighted by molar-refractivity contribution is 2.08. The van der Waals surface area contributed by atoms with Gasteiger partial charge in [0.1, 0.15) is 0 Å². The molecule has 0 aliphatic carbocycles. The Morgan fingerprint density at radius 1 is 1.14 bits per heavy atom. The van der Waals surface area contributed by atoms with Gasteiger partial charge in [-0.3, -0.25) is 0 Å². The van der Waals surface area contributed by atoms with Crippen molar-refractivity contribution in [3.05, 3.63) is 10.8 Å². The van der Waals surface area contributed by atoms with Gasteiger partial charge in [0.25, 0.3) is 0 Å². The van der Waals surface area contributed by atoms with Crippen molar-refractivity contribution in [2.45, 2.75) is 13.1 Å². The van der Waals surface area contributed by atoms with Crippen LogP contribution in [-0.2, 0) is 0 Å². The molecular formula is C4H8S2Si. The lowest BCUT2D eigenvalue weighted by Crippen LogP contribution is -2.08. The van der Waals surface area contributed by atoms with E-state index in [0.29, 0.717) is 0 Å². The molecule has 3 heteroatoms. The van der Waals surface area contributed by atoms with Crippen LogP contribution in [0.2, 0.25) is 13.1 Å². The molecule has 0 saturated carbocycles. The zero-order chi connectivity index (χ0) is 5.33. The zero-order valence-corrected chi connectivity index (χ0v) is 7.10. The van der Waals surface area contributed by atoms with Crippen LogP contribution in [0, 0.1) is 0 Å². The van der Waals surface area contributed by atoms with Gasteiger partial charge in [0.2, 0.25) is 0 Å². The average molecular weight is 148 g/mol. The van der Waals surface area contributed by atoms with Crippen LogP contribution >= 0.6 is 22.4 Å². The minimum atomic E-state index is -0.818. The van der Waals surface area contributed by atoms with Gasteiger partial charge in [0.15, 0.2) is 6.37 Å². The molecular weight excluding hydrogens is 140 g/mol. The second kappa shape index (κ2) is 1.88. The quantitative estimate of drug-likeness (QED) is 0.484. The maximum atomic E-state index is 2.36. The molecule has 1 rings (SSSR count). The summed E-state index contributed by atoms with van der Waals surface area (Å²) in [5, 5.41) is 4.41. The van der Waals surface area contributed by atoms with Gasteiger partial charge in [0.05, 0.1) is 0 Å². The van der Waals surface area contributed by atoms with Gasteiger partial charge >= 0.3 is 0 Å². The summed E-state index contributed by atoms with van der Waals surface area (Å²) in [6.07, 6.45) is -0.818. The van der Waals surface area contributed by atoms with Crippen molar-refractivity contribution < 1.29 is 0 Å². The minimum absolute atomic E-state index is 0.818. The molecule has 0 spiro atoms. The molecule has 0 unspecified atom stereocenters. The van der Waals surface area contributed by atoms with Crippen molar-refractivity contribution in [1.82, 2.24) is 0 Å². The van der Waals surface area contributed by atoms with Crippen LogP contribution in [0.25, 0.3) is 0 Å². The molecule has 40 valence electrons. The van der Waals surface area contributed by atoms with E-state index in [1.807, 2.05) is 22.4 Å². The molecule has 0 aromatic heterocycles. The fourth-order valence-electron chi connectivity index (χ4n) is 0.411. The Labute approximate surface area is 53.1 Å². The van der Waals surface area contributed by atoms with E-state index >= 15 is 0 Å². The first-order chi connectivity index (χ1) is 3.21. The molecule has 0 fully saturated rings. The third-order valence-corrected chi connectivity index (χ3v) is 8.57. The van der Waals surface area contributed by atoms with E-state index in [4.69, 9.17) is 0 Å². The molecule has 1 aliphatic heterocycles. The van der Waals surface area contributed by atoms with Crippen molar-refractivity contribution in [2.24, 2.45) is 0 Å². The lowest BCUT2D eigenvalue weighted by Gasteiger charge is -2.08. The highest BCUT2D eigenvalue weighted by Crippen LogP contribution is 2.39. The van der Waals surface area contributed by atoms with E-state index in [9.17, 15) is 0 Å². The molecule has 0 saturated heterocycles. The molecule has 0 nitrogen and oxygen atoms in total. The van der Waals surface area contributed by atoms with Gasteiger partial charge in [0, 0.05) is 0 Å². The first kappa shape index (κ1) is 5.79. The largest absolute Gasteiger partial charge is 0.180 e. The third kappa shape index (κ3) is 1.55. The fraction of sp³-hybridized carbons (Fsp3) is 0.500. The minimum Gasteiger partial charge on any atom is -0.145 e. The third-order valence-electron chi connectivity index (χ3n) is 0.759. The van der Waals surface area contributed by atoms with Crippen molar-refractivity contribution >= 4 is 28.8 Å². The lowest BCUT2D eigenvalue weighted by atomic mass is 11.3. The van der Waals surface area contributed by atoms with E-state index in [2.05, 4.69) is 23.9 Å². The van der Waals surface area contributed by atoms with Gasteiger partial charge < -0.3 is 0 Å². The van der Waals surface area contributed by atoms with Crippen LogP contribution in [0.4, 0.5) is 0 Å². The van der Waals surface area contributed by atoms with Crippen LogP contribution in [0.5, 0.6) is 0 Å². The number of hydrogen-bond donors (Lipinski definition) is 0. The van der Waals surface area contributed by atoms with Crippen molar-refractivity contribution in [2.75, 3.05) is 0 Å². The van der Waals surface area contributed by atoms with Crippen molar-refractivity contribution in [3.63, 3.8) is 0 Å². The molecule has 0 radical (unpaired) electrons. The summed E-state index contributed by atoms with van der Waals surface area (Å²) in [6.45, 7) is 4.73. The topological polar surface area (TPSA) is 0 Å². The van der Waals surface area contributed by atoms with Crippen LogP contribution in [0.1, 0.15) is 0 Å². The van der Waals surface area contributed by atoms with Crippen LogP contribution in [0.15, 0.2) is 10.8 Å². The molecule has 0 aromatic rings. The molecule has 0 N–H and O–H groups in total. The summed E-state index contributed by atoms with van der Waals surface area (Å²) in [7, 11) is 0. The Balaban J connectivity index is 2.49. The van der Waals surface area contributed by atoms with Crippen molar-refractivity contribution in [3.8, 4) is 0 Å². The van der Waals surface area contributed by atoms with E-state index in [1.54, 1.807) is 0 Å². The zero-order valence-electron chi connectivity index (χ0n) is 4.47. The normalized spacial score (nSPS) is 26.0. The summed E-state index contributed by atoms with van der Waals surface area (Å²) in [6, 6.07) is 0. The first-order valence-electron chi connectivity index (χ1n) is 2.21. The highest BCUT2D eigenvalue weighted by Gasteiger charge is 2.23. The number of rotatable bonds is 0. The standard InChI is InChI=1S/C4H8S2Si/c1-7(2)5-3-4-6-7/h3-4H,1-2H3. The first-order valence-corrected chi connectivity index (χ1v) is 8.42. The second-order valence-electron chi connectivity index (χ2n) is 1.91. The fourth-order valence-corrected chi connectivity index (χ4v) is 6.20. The van der Waals surface area contributed by atoms with Crippen LogP contribution < -0.4 is 0 Å². The maximum Gasteiger partial charge on any atom is 0.180 e. The van der Waals surface area contributed by atoms with E-state index in [0.717, 1.165) is 0 Å². The highest BCUT2D eigenvalue weighted by molar-refractivity contribution is 8.61. The summed E-state index contributed by atoms with van der Waals surface area (Å²) in [5.74, 6) is 0. The predicted octanol–water partition coefficient (Wildman–Crippen LogP) is 2.64. The van der Waals surface area contributed by atoms with Gasteiger partial charge in [-0.1, -0.05) is 13.1 Å². The van der Waals surface area contributed by atoms with Gasteiger partial charge in [-0.25, -0.2) is 0 Å². The Kier molecular flexibility index (Phi) is 1.55. The van der Waals surface area contributed by atoms with Crippen LogP contribution in [-0.4, -0.2) is 6.37 Å². The SMILES string of the molecule is C[Si]1(C)SC=CS1. The maximum absolute atomic E-state index is 2.36. The Hall–Kier alpha value is 0.657. The molecule has 0 bridgehead atoms. The monoisotopic (exact) mass is 148 g/mol. The molecule has 0 atom stereocenters. The second-order valence-corrected chi connectivity index (χ2v) is 14.0. The average Bonchev–Trinajstić information content (AvgIpc) is 1.84. The Morgan fingerprint density at radius 2 is 1.57 bits per heavy atom. The predicted molar refractivity (Wildman–Crippen MR) is 41.8 cm³/mol. The molecule has 0 amide bonds. The van der Waals surface area contributed by atoms with E-state index in [-0.39, 0.29) is 0 Å². The smallest absolute Gasteiger partial charge is 0.145 e. The van der Waals surface area contributed by atoms with Crippen LogP contribution in [0.3, 0.4) is 0 Å². The summed E-state index contributed by atoms with van der Waals surface area (Å²) in [5.41, 5.74) is 0. The van der Waals surface area contributed by atoms with Gasteiger partial charge in [-0.2, -0.15) is 0 Å². The van der Waals surface area contributed by atoms with E-state index in [1.165, 1.54) is 0 Å². The summed E-state index contributed by atoms with van der Waals surface area (Å²) in [4.78, 5) is 0. The van der Waals surface area contributed by atoms with Gasteiger partial charge in [-0.15, -0.1) is 22.4 Å². The molecule has 1 heterocycles. The summed E-state index contributed by atoms with van der Waals surface area (Å²) >= 11 is 4.04. The molecule has 7 heavy (non-hydrogen) atoms. The Bertz CT molecular complexity index is 87.9. The molecule has 1 aliphatic rings. The number of hydrogen-bond acceptors (Lipinski definition) is 2. The van der Waals surface area contributed by atoms with E-state index < -0.39 is 6.37 Å². The van der Waals surface area contributed by atoms with Crippen molar-refractivity contribution in [1.29, 1.82) is 0 Å². The Morgan fingerprint density at radius 3 is 1.71 bits per heavy atom. The highest BCUT2D eigenvalue weighted by atomic mass is 32.6. The molecule has 0 aromatic carbocycles.